The first-order valence-electron chi connectivity index (χ1n) is 3.91. The quantitative estimate of drug-likeness (QED) is 0.598. The molecule has 1 rings (SSSR count). The number of halogens is 1. The molecule has 0 aliphatic heterocycles. The van der Waals surface area contributed by atoms with Crippen molar-refractivity contribution in [1.82, 2.24) is 0 Å². The smallest absolute Gasteiger partial charge is 0.140 e. The predicted molar refractivity (Wildman–Crippen MR) is 53.2 cm³/mol. The Hall–Kier alpha value is -0.930. The lowest BCUT2D eigenvalue weighted by Gasteiger charge is -2.07. The summed E-state index contributed by atoms with van der Waals surface area (Å²) in [6.07, 6.45) is 0. The Kier molecular flexibility index (Phi) is 3.86. The molecule has 72 valence electrons. The van der Waals surface area contributed by atoms with Crippen LogP contribution in [0.3, 0.4) is 0 Å². The second-order valence-corrected chi connectivity index (χ2v) is 2.94. The number of rotatable bonds is 4. The molecular weight excluding hydrogens is 190 g/mol. The fourth-order valence-corrected chi connectivity index (χ4v) is 1.04. The van der Waals surface area contributed by atoms with Crippen molar-refractivity contribution in [3.8, 4) is 5.75 Å². The molecule has 0 unspecified atom stereocenters. The van der Waals surface area contributed by atoms with Gasteiger partial charge in [-0.05, 0) is 12.1 Å². The standard InChI is InChI=1S/C9H12ClNO2/c1-12-4-5-13-9-6-7(11)2-3-8(9)10/h2-3,6H,4-5,11H2,1H3. The third-order valence-corrected chi connectivity index (χ3v) is 1.81. The Morgan fingerprint density at radius 3 is 2.85 bits per heavy atom. The van der Waals surface area contributed by atoms with Crippen molar-refractivity contribution in [3.05, 3.63) is 23.2 Å². The first kappa shape index (κ1) is 10.2. The molecule has 0 saturated heterocycles. The van der Waals surface area contributed by atoms with Crippen LogP contribution < -0.4 is 10.5 Å². The van der Waals surface area contributed by atoms with Gasteiger partial charge in [0.15, 0.2) is 0 Å². The zero-order valence-electron chi connectivity index (χ0n) is 7.42. The summed E-state index contributed by atoms with van der Waals surface area (Å²) in [5.41, 5.74) is 6.20. The predicted octanol–water partition coefficient (Wildman–Crippen LogP) is 1.95. The van der Waals surface area contributed by atoms with Crippen LogP contribution in [0.15, 0.2) is 18.2 Å². The fraction of sp³-hybridized carbons (Fsp3) is 0.333. The molecule has 4 heteroatoms. The van der Waals surface area contributed by atoms with E-state index in [1.165, 1.54) is 0 Å². The van der Waals surface area contributed by atoms with Crippen LogP contribution in [0.1, 0.15) is 0 Å². The molecule has 0 aliphatic carbocycles. The minimum atomic E-state index is 0.472. The second kappa shape index (κ2) is 4.94. The average molecular weight is 202 g/mol. The highest BCUT2D eigenvalue weighted by molar-refractivity contribution is 6.32. The molecule has 0 aromatic heterocycles. The van der Waals surface area contributed by atoms with Gasteiger partial charge in [-0.3, -0.25) is 0 Å². The maximum atomic E-state index is 5.85. The lowest BCUT2D eigenvalue weighted by molar-refractivity contribution is 0.146. The van der Waals surface area contributed by atoms with Crippen molar-refractivity contribution in [2.24, 2.45) is 0 Å². The lowest BCUT2D eigenvalue weighted by Crippen LogP contribution is -2.04. The summed E-state index contributed by atoms with van der Waals surface area (Å²) in [4.78, 5) is 0. The van der Waals surface area contributed by atoms with E-state index in [4.69, 9.17) is 26.8 Å². The van der Waals surface area contributed by atoms with E-state index in [2.05, 4.69) is 0 Å². The van der Waals surface area contributed by atoms with Crippen LogP contribution in [0.5, 0.6) is 5.75 Å². The van der Waals surface area contributed by atoms with E-state index in [9.17, 15) is 0 Å². The number of methoxy groups -OCH3 is 1. The maximum absolute atomic E-state index is 5.85. The first-order chi connectivity index (χ1) is 6.24. The number of anilines is 1. The zero-order valence-corrected chi connectivity index (χ0v) is 8.17. The lowest BCUT2D eigenvalue weighted by atomic mass is 10.3. The van der Waals surface area contributed by atoms with Gasteiger partial charge in [0.25, 0.3) is 0 Å². The van der Waals surface area contributed by atoms with Crippen molar-refractivity contribution in [1.29, 1.82) is 0 Å². The molecule has 0 aliphatic rings. The van der Waals surface area contributed by atoms with Crippen LogP contribution >= 0.6 is 11.6 Å². The number of nitrogens with two attached hydrogens (primary N) is 1. The number of nitrogen functional groups attached to an aromatic ring is 1. The summed E-state index contributed by atoms with van der Waals surface area (Å²) in [6, 6.07) is 5.13. The highest BCUT2D eigenvalue weighted by Gasteiger charge is 2.00. The molecule has 2 N–H and O–H groups in total. The van der Waals surface area contributed by atoms with Crippen LogP contribution in [0.25, 0.3) is 0 Å². The Bertz CT molecular complexity index is 278. The van der Waals surface area contributed by atoms with Gasteiger partial charge >= 0.3 is 0 Å². The van der Waals surface area contributed by atoms with E-state index >= 15 is 0 Å². The summed E-state index contributed by atoms with van der Waals surface area (Å²) >= 11 is 5.85. The number of benzene rings is 1. The van der Waals surface area contributed by atoms with Gasteiger partial charge in [-0.25, -0.2) is 0 Å². The Balaban J connectivity index is 2.59. The van der Waals surface area contributed by atoms with Gasteiger partial charge in [0.1, 0.15) is 12.4 Å². The molecule has 1 aromatic rings. The summed E-state index contributed by atoms with van der Waals surface area (Å²) in [5, 5.41) is 0.560. The van der Waals surface area contributed by atoms with E-state index in [0.29, 0.717) is 29.7 Å². The SMILES string of the molecule is COCCOc1cc(N)ccc1Cl. The average Bonchev–Trinajstić information content (AvgIpc) is 2.11. The van der Waals surface area contributed by atoms with Crippen LogP contribution in [0.2, 0.25) is 5.02 Å². The molecule has 0 amide bonds. The summed E-state index contributed by atoms with van der Waals surface area (Å²) in [5.74, 6) is 0.596. The maximum Gasteiger partial charge on any atom is 0.140 e. The van der Waals surface area contributed by atoms with Crippen LogP contribution in [-0.4, -0.2) is 20.3 Å². The van der Waals surface area contributed by atoms with E-state index in [0.717, 1.165) is 0 Å². The van der Waals surface area contributed by atoms with Gasteiger partial charge in [0, 0.05) is 18.9 Å². The van der Waals surface area contributed by atoms with E-state index in [1.54, 1.807) is 25.3 Å². The van der Waals surface area contributed by atoms with Gasteiger partial charge in [0.2, 0.25) is 0 Å². The molecule has 0 saturated carbocycles. The van der Waals surface area contributed by atoms with Crippen molar-refractivity contribution in [2.45, 2.75) is 0 Å². The fourth-order valence-electron chi connectivity index (χ4n) is 0.866. The van der Waals surface area contributed by atoms with Crippen LogP contribution in [-0.2, 0) is 4.74 Å². The molecule has 0 atom stereocenters. The van der Waals surface area contributed by atoms with Gasteiger partial charge in [0.05, 0.1) is 11.6 Å². The summed E-state index contributed by atoms with van der Waals surface area (Å²) in [7, 11) is 1.62. The summed E-state index contributed by atoms with van der Waals surface area (Å²) < 4.78 is 10.2. The third kappa shape index (κ3) is 3.13. The summed E-state index contributed by atoms with van der Waals surface area (Å²) in [6.45, 7) is 1.00. The monoisotopic (exact) mass is 201 g/mol. The first-order valence-corrected chi connectivity index (χ1v) is 4.28. The van der Waals surface area contributed by atoms with Crippen molar-refractivity contribution in [3.63, 3.8) is 0 Å². The molecule has 0 bridgehead atoms. The minimum absolute atomic E-state index is 0.472. The van der Waals surface area contributed by atoms with E-state index in [1.807, 2.05) is 0 Å². The van der Waals surface area contributed by atoms with E-state index < -0.39 is 0 Å². The highest BCUT2D eigenvalue weighted by atomic mass is 35.5. The van der Waals surface area contributed by atoms with Crippen molar-refractivity contribution >= 4 is 17.3 Å². The molecule has 0 fully saturated rings. The van der Waals surface area contributed by atoms with Gasteiger partial charge in [-0.1, -0.05) is 11.6 Å². The Labute approximate surface area is 82.4 Å². The van der Waals surface area contributed by atoms with Crippen LogP contribution in [0, 0.1) is 0 Å². The Morgan fingerprint density at radius 2 is 2.15 bits per heavy atom. The van der Waals surface area contributed by atoms with Crippen molar-refractivity contribution in [2.75, 3.05) is 26.1 Å². The largest absolute Gasteiger partial charge is 0.490 e. The molecule has 0 radical (unpaired) electrons. The zero-order chi connectivity index (χ0) is 9.68. The molecule has 0 heterocycles. The van der Waals surface area contributed by atoms with Gasteiger partial charge in [-0.2, -0.15) is 0 Å². The van der Waals surface area contributed by atoms with Crippen molar-refractivity contribution < 1.29 is 9.47 Å². The molecule has 0 spiro atoms. The third-order valence-electron chi connectivity index (χ3n) is 1.50. The Morgan fingerprint density at radius 1 is 1.38 bits per heavy atom. The second-order valence-electron chi connectivity index (χ2n) is 2.53. The van der Waals surface area contributed by atoms with Gasteiger partial charge < -0.3 is 15.2 Å². The topological polar surface area (TPSA) is 44.5 Å². The number of hydrogen-bond acceptors (Lipinski definition) is 3. The molecule has 13 heavy (non-hydrogen) atoms. The number of ether oxygens (including phenoxy) is 2. The normalized spacial score (nSPS) is 10.0. The minimum Gasteiger partial charge on any atom is -0.490 e. The molecular formula is C9H12ClNO2. The molecule has 1 aromatic carbocycles. The van der Waals surface area contributed by atoms with E-state index in [-0.39, 0.29) is 0 Å². The van der Waals surface area contributed by atoms with Crippen LogP contribution in [0.4, 0.5) is 5.69 Å². The van der Waals surface area contributed by atoms with Gasteiger partial charge in [-0.15, -0.1) is 0 Å². The number of hydrogen-bond donors (Lipinski definition) is 1. The molecule has 3 nitrogen and oxygen atoms in total. The highest BCUT2D eigenvalue weighted by Crippen LogP contribution is 2.26.